The number of carbonyl (C=O) groups is 1. The molecule has 128 valence electrons. The second-order valence-corrected chi connectivity index (χ2v) is 7.88. The monoisotopic (exact) mass is 386 g/mol. The third-order valence-corrected chi connectivity index (χ3v) is 6.20. The van der Waals surface area contributed by atoms with Gasteiger partial charge in [0.2, 0.25) is 10.0 Å². The Balaban J connectivity index is 2.25. The van der Waals surface area contributed by atoms with Gasteiger partial charge in [-0.05, 0) is 29.8 Å². The lowest BCUT2D eigenvalue weighted by Gasteiger charge is -2.19. The Morgan fingerprint density at radius 2 is 1.62 bits per heavy atom. The molecule has 2 rings (SSSR count). The lowest BCUT2D eigenvalue weighted by atomic mass is 10.1. The number of sulfonamides is 1. The molecule has 0 aliphatic carbocycles. The molecule has 0 aromatic heterocycles. The highest BCUT2D eigenvalue weighted by Gasteiger charge is 2.26. The summed E-state index contributed by atoms with van der Waals surface area (Å²) in [6.45, 7) is 0.123. The standard InChI is InChI=1S/C16H16Cl2N2O3S/c1-19-16(21)12-8-6-11(7-9-12)10-20(2)24(22,23)15-13(17)4-3-5-14(15)18/h3-9H,10H2,1-2H3,(H,19,21). The SMILES string of the molecule is CNC(=O)c1ccc(CN(C)S(=O)(=O)c2c(Cl)cccc2Cl)cc1. The van der Waals surface area contributed by atoms with E-state index in [4.69, 9.17) is 23.2 Å². The zero-order valence-corrected chi connectivity index (χ0v) is 15.4. The molecule has 2 aromatic rings. The second-order valence-electron chi connectivity index (χ2n) is 5.09. The Kier molecular flexibility index (Phi) is 5.87. The number of hydrogen-bond acceptors (Lipinski definition) is 3. The predicted octanol–water partition coefficient (Wildman–Crippen LogP) is 3.17. The minimum atomic E-state index is -3.84. The van der Waals surface area contributed by atoms with Crippen LogP contribution in [0.3, 0.4) is 0 Å². The first-order valence-corrected chi connectivity index (χ1v) is 9.18. The molecule has 24 heavy (non-hydrogen) atoms. The van der Waals surface area contributed by atoms with Crippen LogP contribution >= 0.6 is 23.2 Å². The molecule has 0 spiro atoms. The van der Waals surface area contributed by atoms with Gasteiger partial charge in [0.05, 0.1) is 10.0 Å². The van der Waals surface area contributed by atoms with Crippen LogP contribution in [-0.4, -0.2) is 32.7 Å². The van der Waals surface area contributed by atoms with Gasteiger partial charge in [-0.3, -0.25) is 4.79 Å². The fraction of sp³-hybridized carbons (Fsp3) is 0.188. The van der Waals surface area contributed by atoms with Crippen LogP contribution in [0.4, 0.5) is 0 Å². The van der Waals surface area contributed by atoms with E-state index in [1.165, 1.54) is 19.2 Å². The van der Waals surface area contributed by atoms with Gasteiger partial charge in [-0.1, -0.05) is 41.4 Å². The number of carbonyl (C=O) groups excluding carboxylic acids is 1. The number of benzene rings is 2. The van der Waals surface area contributed by atoms with Gasteiger partial charge in [0.25, 0.3) is 5.91 Å². The van der Waals surface area contributed by atoms with Gasteiger partial charge in [0.15, 0.2) is 0 Å². The van der Waals surface area contributed by atoms with E-state index in [0.717, 1.165) is 9.87 Å². The lowest BCUT2D eigenvalue weighted by Crippen LogP contribution is -2.27. The van der Waals surface area contributed by atoms with E-state index in [2.05, 4.69) is 5.32 Å². The zero-order valence-electron chi connectivity index (χ0n) is 13.1. The average Bonchev–Trinajstić information content (AvgIpc) is 2.54. The van der Waals surface area contributed by atoms with E-state index in [0.29, 0.717) is 5.56 Å². The summed E-state index contributed by atoms with van der Waals surface area (Å²) in [5.41, 5.74) is 1.23. The average molecular weight is 387 g/mol. The van der Waals surface area contributed by atoms with Crippen molar-refractivity contribution >= 4 is 39.1 Å². The van der Waals surface area contributed by atoms with Crippen molar-refractivity contribution in [2.75, 3.05) is 14.1 Å². The fourth-order valence-electron chi connectivity index (χ4n) is 2.13. The number of nitrogens with one attached hydrogen (secondary N) is 1. The van der Waals surface area contributed by atoms with Crippen molar-refractivity contribution in [2.45, 2.75) is 11.4 Å². The molecule has 0 saturated heterocycles. The topological polar surface area (TPSA) is 66.5 Å². The fourth-order valence-corrected chi connectivity index (χ4v) is 4.37. The van der Waals surface area contributed by atoms with Gasteiger partial charge in [0.1, 0.15) is 4.90 Å². The number of nitrogens with zero attached hydrogens (tertiary/aromatic N) is 1. The molecule has 2 aromatic carbocycles. The number of halogens is 2. The molecule has 0 aliphatic heterocycles. The maximum atomic E-state index is 12.7. The van der Waals surface area contributed by atoms with Crippen LogP contribution in [0.15, 0.2) is 47.4 Å². The Morgan fingerprint density at radius 1 is 1.08 bits per heavy atom. The first-order chi connectivity index (χ1) is 11.3. The zero-order chi connectivity index (χ0) is 17.9. The van der Waals surface area contributed by atoms with Crippen molar-refractivity contribution in [2.24, 2.45) is 0 Å². The van der Waals surface area contributed by atoms with Crippen LogP contribution in [-0.2, 0) is 16.6 Å². The normalized spacial score (nSPS) is 11.5. The van der Waals surface area contributed by atoms with Crippen molar-refractivity contribution in [1.82, 2.24) is 9.62 Å². The number of hydrogen-bond donors (Lipinski definition) is 1. The van der Waals surface area contributed by atoms with E-state index in [-0.39, 0.29) is 27.4 Å². The highest BCUT2D eigenvalue weighted by molar-refractivity contribution is 7.89. The Labute approximate surface area is 151 Å². The van der Waals surface area contributed by atoms with Gasteiger partial charge >= 0.3 is 0 Å². The van der Waals surface area contributed by atoms with Crippen LogP contribution in [0.5, 0.6) is 0 Å². The van der Waals surface area contributed by atoms with Crippen LogP contribution in [0.2, 0.25) is 10.0 Å². The molecule has 0 fully saturated rings. The quantitative estimate of drug-likeness (QED) is 0.857. The highest BCUT2D eigenvalue weighted by atomic mass is 35.5. The molecule has 1 N–H and O–H groups in total. The summed E-state index contributed by atoms with van der Waals surface area (Å²) in [5.74, 6) is -0.203. The van der Waals surface area contributed by atoms with E-state index in [1.807, 2.05) is 0 Å². The van der Waals surface area contributed by atoms with Crippen LogP contribution in [0.1, 0.15) is 15.9 Å². The lowest BCUT2D eigenvalue weighted by molar-refractivity contribution is 0.0963. The molecular formula is C16H16Cl2N2O3S. The Bertz CT molecular complexity index is 832. The molecule has 5 nitrogen and oxygen atoms in total. The molecule has 0 unspecified atom stereocenters. The molecule has 0 saturated carbocycles. The predicted molar refractivity (Wildman–Crippen MR) is 94.9 cm³/mol. The largest absolute Gasteiger partial charge is 0.355 e. The summed E-state index contributed by atoms with van der Waals surface area (Å²) in [6.07, 6.45) is 0. The Morgan fingerprint density at radius 3 is 2.12 bits per heavy atom. The van der Waals surface area contributed by atoms with Crippen molar-refractivity contribution in [3.63, 3.8) is 0 Å². The van der Waals surface area contributed by atoms with Crippen LogP contribution < -0.4 is 5.32 Å². The maximum Gasteiger partial charge on any atom is 0.251 e. The third-order valence-electron chi connectivity index (χ3n) is 3.44. The number of amides is 1. The van der Waals surface area contributed by atoms with Crippen molar-refractivity contribution in [3.8, 4) is 0 Å². The first-order valence-electron chi connectivity index (χ1n) is 6.98. The Hall–Kier alpha value is -1.60. The van der Waals surface area contributed by atoms with Gasteiger partial charge < -0.3 is 5.32 Å². The summed E-state index contributed by atoms with van der Waals surface area (Å²) >= 11 is 12.0. The molecule has 0 atom stereocenters. The van der Waals surface area contributed by atoms with E-state index < -0.39 is 10.0 Å². The molecule has 0 heterocycles. The molecule has 1 amide bonds. The van der Waals surface area contributed by atoms with Crippen molar-refractivity contribution in [1.29, 1.82) is 0 Å². The maximum absolute atomic E-state index is 12.7. The molecule has 0 aliphatic rings. The molecule has 0 radical (unpaired) electrons. The highest BCUT2D eigenvalue weighted by Crippen LogP contribution is 2.31. The molecular weight excluding hydrogens is 371 g/mol. The third kappa shape index (κ3) is 3.89. The van der Waals surface area contributed by atoms with Gasteiger partial charge in [-0.2, -0.15) is 4.31 Å². The summed E-state index contributed by atoms with van der Waals surface area (Å²) in [7, 11) is -0.848. The first kappa shape index (κ1) is 18.7. The summed E-state index contributed by atoms with van der Waals surface area (Å²) < 4.78 is 26.5. The van der Waals surface area contributed by atoms with Gasteiger partial charge in [-0.15, -0.1) is 0 Å². The van der Waals surface area contributed by atoms with Crippen LogP contribution in [0.25, 0.3) is 0 Å². The molecule has 0 bridgehead atoms. The van der Waals surface area contributed by atoms with E-state index in [1.54, 1.807) is 37.4 Å². The summed E-state index contributed by atoms with van der Waals surface area (Å²) in [6, 6.07) is 11.2. The molecule has 8 heteroatoms. The minimum absolute atomic E-state index is 0.0734. The van der Waals surface area contributed by atoms with Gasteiger partial charge in [0, 0.05) is 26.2 Å². The smallest absolute Gasteiger partial charge is 0.251 e. The van der Waals surface area contributed by atoms with Gasteiger partial charge in [-0.25, -0.2) is 8.42 Å². The summed E-state index contributed by atoms with van der Waals surface area (Å²) in [5, 5.41) is 2.67. The summed E-state index contributed by atoms with van der Waals surface area (Å²) in [4.78, 5) is 11.4. The van der Waals surface area contributed by atoms with Crippen molar-refractivity contribution in [3.05, 3.63) is 63.6 Å². The number of rotatable bonds is 5. The minimum Gasteiger partial charge on any atom is -0.355 e. The second kappa shape index (κ2) is 7.53. The van der Waals surface area contributed by atoms with Crippen LogP contribution in [0, 0.1) is 0 Å². The van der Waals surface area contributed by atoms with E-state index in [9.17, 15) is 13.2 Å². The van der Waals surface area contributed by atoms with Crippen molar-refractivity contribution < 1.29 is 13.2 Å². The van der Waals surface area contributed by atoms with E-state index >= 15 is 0 Å².